The molecule has 90 valence electrons. The van der Waals surface area contributed by atoms with Crippen molar-refractivity contribution in [1.82, 2.24) is 4.90 Å². The van der Waals surface area contributed by atoms with E-state index < -0.39 is 0 Å². The van der Waals surface area contributed by atoms with E-state index in [-0.39, 0.29) is 0 Å². The van der Waals surface area contributed by atoms with Gasteiger partial charge in [-0.1, -0.05) is 6.07 Å². The average Bonchev–Trinajstić information content (AvgIpc) is 2.27. The molecular weight excluding hydrogens is 202 g/mol. The molecule has 0 fully saturated rings. The number of ether oxygens (including phenoxy) is 2. The quantitative estimate of drug-likeness (QED) is 0.783. The maximum absolute atomic E-state index is 5.48. The van der Waals surface area contributed by atoms with Crippen LogP contribution in [0.4, 0.5) is 0 Å². The van der Waals surface area contributed by atoms with Crippen LogP contribution in [0.15, 0.2) is 12.1 Å². The summed E-state index contributed by atoms with van der Waals surface area (Å²) in [6, 6.07) is 4.38. The third-order valence-electron chi connectivity index (χ3n) is 3.04. The molecule has 1 aromatic carbocycles. The van der Waals surface area contributed by atoms with E-state index in [2.05, 4.69) is 32.0 Å². The zero-order chi connectivity index (χ0) is 12.3. The van der Waals surface area contributed by atoms with Crippen molar-refractivity contribution < 1.29 is 9.47 Å². The van der Waals surface area contributed by atoms with Crippen LogP contribution in [0.1, 0.15) is 24.1 Å². The minimum absolute atomic E-state index is 0.319. The first-order chi connectivity index (χ1) is 7.52. The molecule has 0 saturated heterocycles. The summed E-state index contributed by atoms with van der Waals surface area (Å²) in [4.78, 5) is 2.16. The Kier molecular flexibility index (Phi) is 4.19. The molecule has 0 aromatic heterocycles. The van der Waals surface area contributed by atoms with Gasteiger partial charge in [0.05, 0.1) is 14.2 Å². The first kappa shape index (κ1) is 12.8. The molecule has 0 saturated carbocycles. The molecule has 0 heterocycles. The number of rotatable bonds is 4. The maximum Gasteiger partial charge on any atom is 0.130 e. The Bertz CT molecular complexity index is 361. The molecule has 1 aromatic rings. The summed E-state index contributed by atoms with van der Waals surface area (Å²) >= 11 is 0. The lowest BCUT2D eigenvalue weighted by Gasteiger charge is -2.24. The van der Waals surface area contributed by atoms with Crippen molar-refractivity contribution >= 4 is 0 Å². The molecule has 0 aliphatic rings. The number of nitrogens with zero attached hydrogens (tertiary/aromatic N) is 1. The molecule has 3 nitrogen and oxygen atoms in total. The van der Waals surface area contributed by atoms with E-state index in [9.17, 15) is 0 Å². The molecule has 1 rings (SSSR count). The topological polar surface area (TPSA) is 21.7 Å². The van der Waals surface area contributed by atoms with Gasteiger partial charge in [-0.05, 0) is 34.0 Å². The number of benzene rings is 1. The normalized spacial score (nSPS) is 12.7. The van der Waals surface area contributed by atoms with E-state index in [1.54, 1.807) is 14.2 Å². The van der Waals surface area contributed by atoms with Crippen molar-refractivity contribution in [3.05, 3.63) is 23.3 Å². The summed E-state index contributed by atoms with van der Waals surface area (Å²) in [5.74, 6) is 1.78. The summed E-state index contributed by atoms with van der Waals surface area (Å²) in [5, 5.41) is 0. The van der Waals surface area contributed by atoms with Crippen molar-refractivity contribution in [1.29, 1.82) is 0 Å². The zero-order valence-corrected chi connectivity index (χ0v) is 11.0. The minimum Gasteiger partial charge on any atom is -0.496 e. The molecule has 0 spiro atoms. The van der Waals surface area contributed by atoms with Crippen molar-refractivity contribution in [3.63, 3.8) is 0 Å². The highest BCUT2D eigenvalue weighted by atomic mass is 16.5. The Labute approximate surface area is 98.0 Å². The van der Waals surface area contributed by atoms with Crippen LogP contribution in [-0.4, -0.2) is 33.2 Å². The average molecular weight is 223 g/mol. The second-order valence-corrected chi connectivity index (χ2v) is 4.15. The molecule has 3 heteroatoms. The molecular formula is C13H21NO2. The number of hydrogen-bond donors (Lipinski definition) is 0. The van der Waals surface area contributed by atoms with Crippen molar-refractivity contribution in [2.45, 2.75) is 19.9 Å². The van der Waals surface area contributed by atoms with Crippen molar-refractivity contribution in [2.24, 2.45) is 0 Å². The molecule has 0 N–H and O–H groups in total. The van der Waals surface area contributed by atoms with Gasteiger partial charge in [0.15, 0.2) is 0 Å². The van der Waals surface area contributed by atoms with Gasteiger partial charge in [-0.15, -0.1) is 0 Å². The van der Waals surface area contributed by atoms with Crippen LogP contribution in [0.2, 0.25) is 0 Å². The van der Waals surface area contributed by atoms with Crippen molar-refractivity contribution in [3.8, 4) is 11.5 Å². The van der Waals surface area contributed by atoms with Gasteiger partial charge >= 0.3 is 0 Å². The fraction of sp³-hybridized carbons (Fsp3) is 0.538. The third-order valence-corrected chi connectivity index (χ3v) is 3.04. The second-order valence-electron chi connectivity index (χ2n) is 4.15. The number of hydrogen-bond acceptors (Lipinski definition) is 3. The van der Waals surface area contributed by atoms with Gasteiger partial charge in [0.1, 0.15) is 11.5 Å². The molecule has 0 bridgehead atoms. The molecule has 16 heavy (non-hydrogen) atoms. The predicted molar refractivity (Wildman–Crippen MR) is 66.4 cm³/mol. The number of methoxy groups -OCH3 is 2. The maximum atomic E-state index is 5.48. The van der Waals surface area contributed by atoms with E-state index >= 15 is 0 Å². The summed E-state index contributed by atoms with van der Waals surface area (Å²) in [5.41, 5.74) is 2.24. The summed E-state index contributed by atoms with van der Waals surface area (Å²) in [6.45, 7) is 4.17. The third kappa shape index (κ3) is 2.30. The van der Waals surface area contributed by atoms with E-state index in [4.69, 9.17) is 9.47 Å². The predicted octanol–water partition coefficient (Wildman–Crippen LogP) is 2.63. The van der Waals surface area contributed by atoms with Crippen LogP contribution in [0, 0.1) is 6.92 Å². The van der Waals surface area contributed by atoms with Gasteiger partial charge in [-0.2, -0.15) is 0 Å². The fourth-order valence-corrected chi connectivity index (χ4v) is 1.79. The first-order valence-corrected chi connectivity index (χ1v) is 5.40. The molecule has 0 aliphatic carbocycles. The molecule has 0 amide bonds. The molecule has 0 aliphatic heterocycles. The van der Waals surface area contributed by atoms with Crippen LogP contribution in [0.3, 0.4) is 0 Å². The molecule has 1 atom stereocenters. The highest BCUT2D eigenvalue weighted by Crippen LogP contribution is 2.35. The largest absolute Gasteiger partial charge is 0.496 e. The van der Waals surface area contributed by atoms with Crippen LogP contribution in [0.25, 0.3) is 0 Å². The monoisotopic (exact) mass is 223 g/mol. The smallest absolute Gasteiger partial charge is 0.130 e. The summed E-state index contributed by atoms with van der Waals surface area (Å²) < 4.78 is 10.8. The Hall–Kier alpha value is -1.22. The standard InChI is InChI=1S/C13H21NO2/c1-9-12(15-5)8-7-11(13(9)16-6)10(2)14(3)4/h7-8,10H,1-6H3. The van der Waals surface area contributed by atoms with Crippen LogP contribution in [0.5, 0.6) is 11.5 Å². The van der Waals surface area contributed by atoms with Gasteiger partial charge in [-0.25, -0.2) is 0 Å². The van der Waals surface area contributed by atoms with E-state index in [1.165, 1.54) is 5.56 Å². The Balaban J connectivity index is 3.25. The van der Waals surface area contributed by atoms with Gasteiger partial charge < -0.3 is 14.4 Å². The minimum atomic E-state index is 0.319. The molecule has 1 unspecified atom stereocenters. The Morgan fingerprint density at radius 3 is 2.19 bits per heavy atom. The van der Waals surface area contributed by atoms with Gasteiger partial charge in [0.2, 0.25) is 0 Å². The zero-order valence-electron chi connectivity index (χ0n) is 11.0. The lowest BCUT2D eigenvalue weighted by molar-refractivity contribution is 0.306. The first-order valence-electron chi connectivity index (χ1n) is 5.40. The van der Waals surface area contributed by atoms with Gasteiger partial charge in [-0.3, -0.25) is 0 Å². The van der Waals surface area contributed by atoms with Crippen LogP contribution < -0.4 is 9.47 Å². The second kappa shape index (κ2) is 5.21. The summed E-state index contributed by atoms with van der Waals surface area (Å²) in [7, 11) is 7.50. The lowest BCUT2D eigenvalue weighted by atomic mass is 10.0. The van der Waals surface area contributed by atoms with Gasteiger partial charge in [0, 0.05) is 17.2 Å². The van der Waals surface area contributed by atoms with E-state index in [0.717, 1.165) is 17.1 Å². The Morgan fingerprint density at radius 2 is 1.75 bits per heavy atom. The lowest BCUT2D eigenvalue weighted by Crippen LogP contribution is -2.17. The fourth-order valence-electron chi connectivity index (χ4n) is 1.79. The van der Waals surface area contributed by atoms with E-state index in [1.807, 2.05) is 13.0 Å². The summed E-state index contributed by atoms with van der Waals surface area (Å²) in [6.07, 6.45) is 0. The van der Waals surface area contributed by atoms with Crippen LogP contribution >= 0.6 is 0 Å². The van der Waals surface area contributed by atoms with Crippen LogP contribution in [-0.2, 0) is 0 Å². The Morgan fingerprint density at radius 1 is 1.12 bits per heavy atom. The highest BCUT2D eigenvalue weighted by Gasteiger charge is 2.17. The molecule has 0 radical (unpaired) electrons. The van der Waals surface area contributed by atoms with E-state index in [0.29, 0.717) is 6.04 Å². The highest BCUT2D eigenvalue weighted by molar-refractivity contribution is 5.50. The van der Waals surface area contributed by atoms with Gasteiger partial charge in [0.25, 0.3) is 0 Å². The van der Waals surface area contributed by atoms with Crippen molar-refractivity contribution in [2.75, 3.05) is 28.3 Å². The SMILES string of the molecule is COc1ccc(C(C)N(C)C)c(OC)c1C.